The van der Waals surface area contributed by atoms with Gasteiger partial charge in [0.05, 0.1) is 11.0 Å². The highest BCUT2D eigenvalue weighted by molar-refractivity contribution is 5.75. The van der Waals surface area contributed by atoms with Crippen LogP contribution < -0.4 is 11.0 Å². The van der Waals surface area contributed by atoms with Crippen molar-refractivity contribution in [1.29, 1.82) is 0 Å². The summed E-state index contributed by atoms with van der Waals surface area (Å²) in [4.78, 5) is 18.1. The Labute approximate surface area is 148 Å². The number of hydrogen-bond donors (Lipinski definition) is 2. The molecule has 5 heteroatoms. The molecule has 2 aliphatic heterocycles. The lowest BCUT2D eigenvalue weighted by molar-refractivity contribution is 0.129. The topological polar surface area (TPSA) is 53.1 Å². The molecule has 25 heavy (non-hydrogen) atoms. The van der Waals surface area contributed by atoms with E-state index in [-0.39, 0.29) is 5.69 Å². The van der Waals surface area contributed by atoms with Crippen LogP contribution in [0.2, 0.25) is 0 Å². The summed E-state index contributed by atoms with van der Waals surface area (Å²) < 4.78 is 2.00. The summed E-state index contributed by atoms with van der Waals surface area (Å²) in [7, 11) is 0. The maximum atomic E-state index is 12.4. The minimum atomic E-state index is 0.0502. The number of piperidine rings is 1. The molecule has 2 bridgehead atoms. The molecular formula is C20H28N4O. The van der Waals surface area contributed by atoms with Crippen molar-refractivity contribution in [2.75, 3.05) is 26.2 Å². The van der Waals surface area contributed by atoms with E-state index in [1.54, 1.807) is 0 Å². The number of imidazole rings is 1. The number of hydrogen-bond acceptors (Lipinski definition) is 3. The van der Waals surface area contributed by atoms with Crippen molar-refractivity contribution in [2.45, 2.75) is 44.2 Å². The van der Waals surface area contributed by atoms with E-state index in [1.165, 1.54) is 32.4 Å². The van der Waals surface area contributed by atoms with Crippen LogP contribution in [-0.2, 0) is 0 Å². The van der Waals surface area contributed by atoms with Crippen LogP contribution in [0.15, 0.2) is 29.1 Å². The van der Waals surface area contributed by atoms with Gasteiger partial charge in [0.1, 0.15) is 0 Å². The quantitative estimate of drug-likeness (QED) is 0.902. The van der Waals surface area contributed by atoms with Gasteiger partial charge in [-0.05, 0) is 56.2 Å². The van der Waals surface area contributed by atoms with Crippen molar-refractivity contribution < 1.29 is 0 Å². The number of para-hydroxylation sites is 2. The van der Waals surface area contributed by atoms with Gasteiger partial charge in [-0.25, -0.2) is 4.79 Å². The van der Waals surface area contributed by atoms with Gasteiger partial charge < -0.3 is 15.2 Å². The molecule has 0 radical (unpaired) electrons. The van der Waals surface area contributed by atoms with Crippen molar-refractivity contribution in [3.63, 3.8) is 0 Å². The fraction of sp³-hybridized carbons (Fsp3) is 0.650. The molecule has 5 rings (SSSR count). The Morgan fingerprint density at radius 2 is 1.92 bits per heavy atom. The van der Waals surface area contributed by atoms with Crippen LogP contribution in [0.1, 0.15) is 38.1 Å². The lowest BCUT2D eigenvalue weighted by Gasteiger charge is -2.38. The molecule has 5 nitrogen and oxygen atoms in total. The van der Waals surface area contributed by atoms with Gasteiger partial charge in [0.25, 0.3) is 0 Å². The average Bonchev–Trinajstić information content (AvgIpc) is 3.06. The zero-order valence-corrected chi connectivity index (χ0v) is 14.8. The summed E-state index contributed by atoms with van der Waals surface area (Å²) >= 11 is 0. The van der Waals surface area contributed by atoms with E-state index < -0.39 is 0 Å². The molecule has 0 amide bonds. The molecule has 3 atom stereocenters. The molecule has 3 unspecified atom stereocenters. The number of benzene rings is 1. The highest BCUT2D eigenvalue weighted by Gasteiger charge is 2.39. The Kier molecular flexibility index (Phi) is 3.94. The van der Waals surface area contributed by atoms with Gasteiger partial charge in [-0.3, -0.25) is 4.57 Å². The summed E-state index contributed by atoms with van der Waals surface area (Å²) in [5.74, 6) is 1.74. The van der Waals surface area contributed by atoms with Gasteiger partial charge in [-0.15, -0.1) is 0 Å². The fourth-order valence-electron chi connectivity index (χ4n) is 5.54. The van der Waals surface area contributed by atoms with E-state index in [1.807, 2.05) is 22.8 Å². The number of aromatic amines is 1. The van der Waals surface area contributed by atoms with Crippen molar-refractivity contribution in [3.05, 3.63) is 34.7 Å². The summed E-state index contributed by atoms with van der Waals surface area (Å²) in [6.45, 7) is 4.72. The first-order valence-corrected chi connectivity index (χ1v) is 9.94. The van der Waals surface area contributed by atoms with E-state index in [2.05, 4.69) is 21.3 Å². The molecule has 1 aromatic carbocycles. The molecule has 1 aliphatic carbocycles. The van der Waals surface area contributed by atoms with Crippen LogP contribution in [0.5, 0.6) is 0 Å². The van der Waals surface area contributed by atoms with Crippen molar-refractivity contribution in [3.8, 4) is 0 Å². The van der Waals surface area contributed by atoms with Crippen molar-refractivity contribution >= 4 is 11.0 Å². The lowest BCUT2D eigenvalue weighted by atomic mass is 9.79. The molecular weight excluding hydrogens is 312 g/mol. The van der Waals surface area contributed by atoms with E-state index in [4.69, 9.17) is 0 Å². The second-order valence-corrected chi connectivity index (χ2v) is 8.22. The zero-order valence-electron chi connectivity index (χ0n) is 14.8. The minimum absolute atomic E-state index is 0.0502. The van der Waals surface area contributed by atoms with Crippen LogP contribution in [-0.4, -0.2) is 46.7 Å². The van der Waals surface area contributed by atoms with Crippen molar-refractivity contribution in [2.24, 2.45) is 11.8 Å². The van der Waals surface area contributed by atoms with E-state index in [0.29, 0.717) is 6.04 Å². The lowest BCUT2D eigenvalue weighted by Crippen LogP contribution is -2.43. The molecule has 0 spiro atoms. The highest BCUT2D eigenvalue weighted by atomic mass is 16.1. The molecule has 2 saturated heterocycles. The van der Waals surface area contributed by atoms with Gasteiger partial charge in [0, 0.05) is 31.7 Å². The zero-order chi connectivity index (χ0) is 16.8. The predicted molar refractivity (Wildman–Crippen MR) is 99.9 cm³/mol. The monoisotopic (exact) mass is 340 g/mol. The molecule has 134 valence electrons. The Bertz CT molecular complexity index is 785. The Morgan fingerprint density at radius 1 is 1.08 bits per heavy atom. The summed E-state index contributed by atoms with van der Waals surface area (Å²) in [5.41, 5.74) is 2.06. The largest absolute Gasteiger partial charge is 0.326 e. The Morgan fingerprint density at radius 3 is 2.76 bits per heavy atom. The third-order valence-corrected chi connectivity index (χ3v) is 6.87. The van der Waals surface area contributed by atoms with E-state index >= 15 is 0 Å². The summed E-state index contributed by atoms with van der Waals surface area (Å²) in [6.07, 6.45) is 6.34. The molecule has 1 aromatic heterocycles. The van der Waals surface area contributed by atoms with Gasteiger partial charge in [-0.2, -0.15) is 0 Å². The number of rotatable bonds is 3. The smallest absolute Gasteiger partial charge is 0.313 e. The van der Waals surface area contributed by atoms with Crippen LogP contribution in [0, 0.1) is 11.8 Å². The molecule has 1 saturated carbocycles. The maximum absolute atomic E-state index is 12.4. The number of likely N-dealkylation sites (tertiary alicyclic amines) is 1. The number of nitrogens with zero attached hydrogens (tertiary/aromatic N) is 2. The molecule has 2 N–H and O–H groups in total. The molecule has 3 heterocycles. The van der Waals surface area contributed by atoms with Gasteiger partial charge in [0.2, 0.25) is 0 Å². The Hall–Kier alpha value is -1.59. The Balaban J connectivity index is 1.27. The second-order valence-electron chi connectivity index (χ2n) is 8.22. The van der Waals surface area contributed by atoms with Crippen LogP contribution in [0.25, 0.3) is 11.0 Å². The van der Waals surface area contributed by atoms with Crippen molar-refractivity contribution in [1.82, 2.24) is 19.8 Å². The molecule has 3 aliphatic rings. The van der Waals surface area contributed by atoms with E-state index in [9.17, 15) is 4.79 Å². The average molecular weight is 340 g/mol. The van der Waals surface area contributed by atoms with Gasteiger partial charge >= 0.3 is 5.69 Å². The second kappa shape index (κ2) is 6.29. The SMILES string of the molecule is O=c1[nH]c2ccccc2n1C1CCN(CC2C3CCCC2NC3)CC1. The van der Waals surface area contributed by atoms with Crippen LogP contribution >= 0.6 is 0 Å². The molecule has 3 fully saturated rings. The van der Waals surface area contributed by atoms with Gasteiger partial charge in [-0.1, -0.05) is 18.6 Å². The number of fused-ring (bicyclic) bond motifs is 3. The first-order valence-electron chi connectivity index (χ1n) is 9.94. The number of H-pyrrole nitrogens is 1. The number of nitrogens with one attached hydrogen (secondary N) is 2. The summed E-state index contributed by atoms with van der Waals surface area (Å²) in [5, 5.41) is 3.74. The van der Waals surface area contributed by atoms with Gasteiger partial charge in [0.15, 0.2) is 0 Å². The molecule has 2 aromatic rings. The standard InChI is InChI=1S/C20H28N4O/c25-20-22-18-5-1-2-7-19(18)24(20)15-8-10-23(11-9-15)13-16-14-4-3-6-17(16)21-12-14/h1-2,5,7,14-17,21H,3-4,6,8-13H2,(H,22,25). The normalized spacial score (nSPS) is 31.0. The first-order chi connectivity index (χ1) is 12.3. The third kappa shape index (κ3) is 2.74. The summed E-state index contributed by atoms with van der Waals surface area (Å²) in [6, 6.07) is 9.15. The highest BCUT2D eigenvalue weighted by Crippen LogP contribution is 2.36. The third-order valence-electron chi connectivity index (χ3n) is 6.87. The number of aromatic nitrogens is 2. The van der Waals surface area contributed by atoms with Crippen LogP contribution in [0.3, 0.4) is 0 Å². The van der Waals surface area contributed by atoms with E-state index in [0.717, 1.165) is 54.8 Å². The minimum Gasteiger partial charge on any atom is -0.313 e. The van der Waals surface area contributed by atoms with Crippen LogP contribution in [0.4, 0.5) is 0 Å². The predicted octanol–water partition coefficient (Wildman–Crippen LogP) is 2.35. The fourth-order valence-corrected chi connectivity index (χ4v) is 5.54. The first kappa shape index (κ1) is 15.6. The maximum Gasteiger partial charge on any atom is 0.326 e.